The van der Waals surface area contributed by atoms with Crippen molar-refractivity contribution in [3.05, 3.63) is 36.0 Å². The molecule has 1 fully saturated rings. The van der Waals surface area contributed by atoms with Crippen LogP contribution in [0.4, 0.5) is 0 Å². The lowest BCUT2D eigenvalue weighted by Gasteiger charge is -2.26. The molecule has 0 atom stereocenters. The Morgan fingerprint density at radius 1 is 1.24 bits per heavy atom. The maximum absolute atomic E-state index is 5.69. The van der Waals surface area contributed by atoms with Crippen LogP contribution in [0.3, 0.4) is 0 Å². The molecule has 1 saturated carbocycles. The van der Waals surface area contributed by atoms with Gasteiger partial charge in [0.1, 0.15) is 0 Å². The Balaban J connectivity index is 1.98. The molecule has 1 aliphatic rings. The van der Waals surface area contributed by atoms with Gasteiger partial charge in [-0.15, -0.1) is 0 Å². The fourth-order valence-corrected chi connectivity index (χ4v) is 2.78. The largest absolute Gasteiger partial charge is 0.347 e. The van der Waals surface area contributed by atoms with Crippen LogP contribution in [0.2, 0.25) is 0 Å². The van der Waals surface area contributed by atoms with Gasteiger partial charge in [0.25, 0.3) is 0 Å². The second-order valence-corrected chi connectivity index (χ2v) is 5.16. The van der Waals surface area contributed by atoms with Crippen LogP contribution in [0.25, 0.3) is 10.9 Å². The van der Waals surface area contributed by atoms with Crippen LogP contribution in [0.1, 0.15) is 24.8 Å². The van der Waals surface area contributed by atoms with Gasteiger partial charge in [0, 0.05) is 23.6 Å². The van der Waals surface area contributed by atoms with Crippen molar-refractivity contribution in [2.24, 2.45) is 11.7 Å². The molecule has 0 amide bonds. The Bertz CT molecular complexity index is 509. The lowest BCUT2D eigenvalue weighted by Crippen LogP contribution is -2.17. The van der Waals surface area contributed by atoms with Gasteiger partial charge in [0.15, 0.2) is 0 Å². The van der Waals surface area contributed by atoms with E-state index in [0.717, 1.165) is 18.9 Å². The van der Waals surface area contributed by atoms with E-state index in [1.165, 1.54) is 42.3 Å². The Morgan fingerprint density at radius 3 is 2.76 bits per heavy atom. The SMILES string of the molecule is NCCc1cn(CC2CCC2)c2ccccc12. The van der Waals surface area contributed by atoms with Gasteiger partial charge in [0.2, 0.25) is 0 Å². The zero-order chi connectivity index (χ0) is 11.7. The van der Waals surface area contributed by atoms with E-state index in [1.54, 1.807) is 0 Å². The van der Waals surface area contributed by atoms with E-state index >= 15 is 0 Å². The highest BCUT2D eigenvalue weighted by molar-refractivity contribution is 5.84. The van der Waals surface area contributed by atoms with Crippen LogP contribution in [-0.4, -0.2) is 11.1 Å². The third kappa shape index (κ3) is 1.98. The zero-order valence-corrected chi connectivity index (χ0v) is 10.2. The molecule has 1 heterocycles. The number of aromatic nitrogens is 1. The Kier molecular flexibility index (Phi) is 2.89. The predicted molar refractivity (Wildman–Crippen MR) is 72.0 cm³/mol. The molecule has 1 aliphatic carbocycles. The first-order valence-corrected chi connectivity index (χ1v) is 6.65. The van der Waals surface area contributed by atoms with Gasteiger partial charge < -0.3 is 10.3 Å². The predicted octanol–water partition coefficient (Wildman–Crippen LogP) is 2.94. The third-order valence-electron chi connectivity index (χ3n) is 3.96. The first kappa shape index (κ1) is 10.8. The minimum absolute atomic E-state index is 0.734. The number of para-hydroxylation sites is 1. The van der Waals surface area contributed by atoms with E-state index in [-0.39, 0.29) is 0 Å². The van der Waals surface area contributed by atoms with Crippen LogP contribution in [0, 0.1) is 5.92 Å². The van der Waals surface area contributed by atoms with Crippen molar-refractivity contribution < 1.29 is 0 Å². The highest BCUT2D eigenvalue weighted by Gasteiger charge is 2.19. The van der Waals surface area contributed by atoms with E-state index in [1.807, 2.05) is 0 Å². The molecule has 2 N–H and O–H groups in total. The summed E-state index contributed by atoms with van der Waals surface area (Å²) in [4.78, 5) is 0. The zero-order valence-electron chi connectivity index (χ0n) is 10.2. The van der Waals surface area contributed by atoms with Crippen LogP contribution in [-0.2, 0) is 13.0 Å². The van der Waals surface area contributed by atoms with Crippen LogP contribution >= 0.6 is 0 Å². The molecule has 0 radical (unpaired) electrons. The lowest BCUT2D eigenvalue weighted by atomic mass is 9.85. The summed E-state index contributed by atoms with van der Waals surface area (Å²) in [7, 11) is 0. The third-order valence-corrected chi connectivity index (χ3v) is 3.96. The topological polar surface area (TPSA) is 30.9 Å². The maximum atomic E-state index is 5.69. The van der Waals surface area contributed by atoms with Crippen molar-refractivity contribution in [2.75, 3.05) is 6.54 Å². The molecule has 0 saturated heterocycles. The number of benzene rings is 1. The summed E-state index contributed by atoms with van der Waals surface area (Å²) >= 11 is 0. The average Bonchev–Trinajstić information content (AvgIpc) is 2.64. The Hall–Kier alpha value is -1.28. The number of rotatable bonds is 4. The Morgan fingerprint density at radius 2 is 2.06 bits per heavy atom. The van der Waals surface area contributed by atoms with E-state index in [2.05, 4.69) is 35.0 Å². The molecule has 2 aromatic rings. The van der Waals surface area contributed by atoms with E-state index in [0.29, 0.717) is 0 Å². The molecule has 0 bridgehead atoms. The van der Waals surface area contributed by atoms with Gasteiger partial charge in [-0.3, -0.25) is 0 Å². The van der Waals surface area contributed by atoms with Crippen LogP contribution in [0.5, 0.6) is 0 Å². The molecule has 3 rings (SSSR count). The summed E-state index contributed by atoms with van der Waals surface area (Å²) in [5.74, 6) is 0.900. The average molecular weight is 228 g/mol. The number of nitrogens with two attached hydrogens (primary N) is 1. The summed E-state index contributed by atoms with van der Waals surface area (Å²) in [5.41, 5.74) is 8.47. The molecule has 2 nitrogen and oxygen atoms in total. The van der Waals surface area contributed by atoms with Crippen molar-refractivity contribution in [1.29, 1.82) is 0 Å². The minimum Gasteiger partial charge on any atom is -0.347 e. The van der Waals surface area contributed by atoms with E-state index < -0.39 is 0 Å². The fourth-order valence-electron chi connectivity index (χ4n) is 2.78. The minimum atomic E-state index is 0.734. The smallest absolute Gasteiger partial charge is 0.0483 e. The highest BCUT2D eigenvalue weighted by atomic mass is 15.0. The van der Waals surface area contributed by atoms with Crippen molar-refractivity contribution in [3.63, 3.8) is 0 Å². The molecule has 0 unspecified atom stereocenters. The number of fused-ring (bicyclic) bond motifs is 1. The summed E-state index contributed by atoms with van der Waals surface area (Å²) in [6.45, 7) is 1.92. The fraction of sp³-hybridized carbons (Fsp3) is 0.467. The van der Waals surface area contributed by atoms with Gasteiger partial charge in [-0.2, -0.15) is 0 Å². The van der Waals surface area contributed by atoms with Crippen molar-refractivity contribution in [3.8, 4) is 0 Å². The monoisotopic (exact) mass is 228 g/mol. The molecule has 0 aliphatic heterocycles. The molecular weight excluding hydrogens is 208 g/mol. The second kappa shape index (κ2) is 4.53. The van der Waals surface area contributed by atoms with Gasteiger partial charge in [-0.05, 0) is 43.4 Å². The van der Waals surface area contributed by atoms with Crippen LogP contribution < -0.4 is 5.73 Å². The van der Waals surface area contributed by atoms with Gasteiger partial charge in [-0.1, -0.05) is 24.6 Å². The van der Waals surface area contributed by atoms with Gasteiger partial charge in [-0.25, -0.2) is 0 Å². The normalized spacial score (nSPS) is 16.3. The molecular formula is C15H20N2. The standard InChI is InChI=1S/C15H20N2/c16-9-8-13-11-17(10-12-4-3-5-12)15-7-2-1-6-14(13)15/h1-2,6-7,11-12H,3-5,8-10,16H2. The quantitative estimate of drug-likeness (QED) is 0.857. The van der Waals surface area contributed by atoms with Crippen molar-refractivity contribution in [2.45, 2.75) is 32.2 Å². The van der Waals surface area contributed by atoms with Gasteiger partial charge >= 0.3 is 0 Å². The van der Waals surface area contributed by atoms with Crippen molar-refractivity contribution in [1.82, 2.24) is 4.57 Å². The molecule has 1 aromatic heterocycles. The summed E-state index contributed by atoms with van der Waals surface area (Å²) in [5, 5.41) is 1.39. The number of nitrogens with zero attached hydrogens (tertiary/aromatic N) is 1. The van der Waals surface area contributed by atoms with Gasteiger partial charge in [0.05, 0.1) is 0 Å². The molecule has 2 heteroatoms. The molecule has 17 heavy (non-hydrogen) atoms. The first-order valence-electron chi connectivity index (χ1n) is 6.65. The number of hydrogen-bond donors (Lipinski definition) is 1. The van der Waals surface area contributed by atoms with E-state index in [9.17, 15) is 0 Å². The highest BCUT2D eigenvalue weighted by Crippen LogP contribution is 2.30. The summed E-state index contributed by atoms with van der Waals surface area (Å²) in [6, 6.07) is 8.70. The van der Waals surface area contributed by atoms with E-state index in [4.69, 9.17) is 5.73 Å². The lowest BCUT2D eigenvalue weighted by molar-refractivity contribution is 0.279. The Labute approximate surface area is 102 Å². The summed E-state index contributed by atoms with van der Waals surface area (Å²) in [6.07, 6.45) is 7.52. The summed E-state index contributed by atoms with van der Waals surface area (Å²) < 4.78 is 2.43. The molecule has 90 valence electrons. The first-order chi connectivity index (χ1) is 8.38. The van der Waals surface area contributed by atoms with Crippen molar-refractivity contribution >= 4 is 10.9 Å². The molecule has 1 aromatic carbocycles. The number of hydrogen-bond acceptors (Lipinski definition) is 1. The maximum Gasteiger partial charge on any atom is 0.0483 e. The second-order valence-electron chi connectivity index (χ2n) is 5.16. The molecule has 0 spiro atoms. The van der Waals surface area contributed by atoms with Crippen LogP contribution in [0.15, 0.2) is 30.5 Å².